The Hall–Kier alpha value is -1.02. The smallest absolute Gasteiger partial charge is 0.132 e. The third kappa shape index (κ3) is 1.98. The summed E-state index contributed by atoms with van der Waals surface area (Å²) in [7, 11) is 1.94. The molecule has 12 heavy (non-hydrogen) atoms. The maximum Gasteiger partial charge on any atom is 0.132 e. The summed E-state index contributed by atoms with van der Waals surface area (Å²) in [6.07, 6.45) is 7.37. The van der Waals surface area contributed by atoms with Crippen molar-refractivity contribution in [1.29, 1.82) is 0 Å². The second kappa shape index (κ2) is 4.12. The predicted octanol–water partition coefficient (Wildman–Crippen LogP) is 2.36. The van der Waals surface area contributed by atoms with E-state index in [4.69, 9.17) is 11.6 Å². The minimum atomic E-state index is 0.454. The van der Waals surface area contributed by atoms with Crippen LogP contribution in [0.4, 0.5) is 0 Å². The Labute approximate surface area is 77.2 Å². The Morgan fingerprint density at radius 1 is 1.75 bits per heavy atom. The number of alkyl halides is 1. The first-order valence-corrected chi connectivity index (χ1v) is 4.18. The summed E-state index contributed by atoms with van der Waals surface area (Å²) in [4.78, 5) is 4.26. The van der Waals surface area contributed by atoms with Crippen LogP contribution in [0.1, 0.15) is 11.5 Å². The summed E-state index contributed by atoms with van der Waals surface area (Å²) in [5.41, 5.74) is 0.892. The normalized spacial score (nSPS) is 10.8. The van der Waals surface area contributed by atoms with Gasteiger partial charge in [-0.05, 0) is 6.08 Å². The fourth-order valence-electron chi connectivity index (χ4n) is 0.918. The van der Waals surface area contributed by atoms with E-state index in [9.17, 15) is 0 Å². The molecule has 1 rings (SSSR count). The lowest BCUT2D eigenvalue weighted by Gasteiger charge is -1.90. The maximum atomic E-state index is 5.63. The highest BCUT2D eigenvalue weighted by atomic mass is 35.5. The average molecular weight is 183 g/mol. The zero-order valence-electron chi connectivity index (χ0n) is 7.00. The van der Waals surface area contributed by atoms with E-state index < -0.39 is 0 Å². The van der Waals surface area contributed by atoms with E-state index in [0.29, 0.717) is 5.88 Å². The summed E-state index contributed by atoms with van der Waals surface area (Å²) in [6.45, 7) is 3.58. The minimum Gasteiger partial charge on any atom is -0.334 e. The highest BCUT2D eigenvalue weighted by Gasteiger charge is 1.99. The van der Waals surface area contributed by atoms with Crippen molar-refractivity contribution in [2.24, 2.45) is 7.05 Å². The molecule has 1 aromatic rings. The Kier molecular flexibility index (Phi) is 3.11. The van der Waals surface area contributed by atoms with E-state index in [-0.39, 0.29) is 0 Å². The maximum absolute atomic E-state index is 5.63. The molecule has 0 aliphatic carbocycles. The summed E-state index contributed by atoms with van der Waals surface area (Å²) in [5, 5.41) is 0. The lowest BCUT2D eigenvalue weighted by atomic mass is 10.4. The van der Waals surface area contributed by atoms with Crippen LogP contribution in [-0.2, 0) is 12.9 Å². The molecule has 0 saturated carbocycles. The van der Waals surface area contributed by atoms with Gasteiger partial charge in [0.2, 0.25) is 0 Å². The van der Waals surface area contributed by atoms with Crippen molar-refractivity contribution in [3.8, 4) is 0 Å². The van der Waals surface area contributed by atoms with E-state index in [1.165, 1.54) is 0 Å². The van der Waals surface area contributed by atoms with Crippen LogP contribution in [0, 0.1) is 0 Å². The molecular formula is C9H11ClN2. The number of aromatic nitrogens is 2. The molecule has 0 saturated heterocycles. The topological polar surface area (TPSA) is 17.8 Å². The third-order valence-electron chi connectivity index (χ3n) is 1.48. The van der Waals surface area contributed by atoms with Crippen LogP contribution in [0.15, 0.2) is 24.9 Å². The Balaban J connectivity index is 2.91. The molecule has 1 aromatic heterocycles. The number of rotatable bonds is 3. The van der Waals surface area contributed by atoms with E-state index in [1.54, 1.807) is 6.08 Å². The van der Waals surface area contributed by atoms with Crippen molar-refractivity contribution in [2.45, 2.75) is 5.88 Å². The van der Waals surface area contributed by atoms with Gasteiger partial charge in [-0.1, -0.05) is 18.7 Å². The van der Waals surface area contributed by atoms with Crippen molar-refractivity contribution in [1.82, 2.24) is 9.55 Å². The van der Waals surface area contributed by atoms with Gasteiger partial charge in [0.25, 0.3) is 0 Å². The first kappa shape index (κ1) is 9.07. The van der Waals surface area contributed by atoms with E-state index in [2.05, 4.69) is 11.6 Å². The fourth-order valence-corrected chi connectivity index (χ4v) is 1.05. The Morgan fingerprint density at radius 2 is 2.50 bits per heavy atom. The zero-order valence-corrected chi connectivity index (χ0v) is 7.75. The number of halogens is 1. The van der Waals surface area contributed by atoms with Crippen molar-refractivity contribution < 1.29 is 0 Å². The summed E-state index contributed by atoms with van der Waals surface area (Å²) < 4.78 is 1.93. The van der Waals surface area contributed by atoms with Gasteiger partial charge in [0.1, 0.15) is 5.82 Å². The van der Waals surface area contributed by atoms with Crippen LogP contribution in [0.2, 0.25) is 0 Å². The number of aryl methyl sites for hydroxylation is 1. The molecule has 0 bridgehead atoms. The fraction of sp³-hybridized carbons (Fsp3) is 0.222. The van der Waals surface area contributed by atoms with Gasteiger partial charge in [-0.3, -0.25) is 0 Å². The molecule has 3 heteroatoms. The molecule has 0 atom stereocenters. The zero-order chi connectivity index (χ0) is 8.97. The third-order valence-corrected chi connectivity index (χ3v) is 1.75. The lowest BCUT2D eigenvalue weighted by molar-refractivity contribution is 0.897. The van der Waals surface area contributed by atoms with E-state index in [1.807, 2.05) is 30.0 Å². The SMILES string of the molecule is C=C/C=C\c1nc(CCl)cn1C. The number of hydrogen-bond donors (Lipinski definition) is 0. The van der Waals surface area contributed by atoms with Crippen molar-refractivity contribution in [3.63, 3.8) is 0 Å². The van der Waals surface area contributed by atoms with Gasteiger partial charge in [0.15, 0.2) is 0 Å². The van der Waals surface area contributed by atoms with Crippen LogP contribution in [0.25, 0.3) is 6.08 Å². The molecule has 0 radical (unpaired) electrons. The second-order valence-corrected chi connectivity index (χ2v) is 2.70. The number of allylic oxidation sites excluding steroid dienone is 2. The molecule has 0 spiro atoms. The standard InChI is InChI=1S/C9H11ClN2/c1-3-4-5-9-11-8(6-10)7-12(9)2/h3-5,7H,1,6H2,2H3/b5-4-. The molecule has 0 unspecified atom stereocenters. The van der Waals surface area contributed by atoms with Crippen LogP contribution in [0.3, 0.4) is 0 Å². The number of hydrogen-bond acceptors (Lipinski definition) is 1. The lowest BCUT2D eigenvalue weighted by Crippen LogP contribution is -1.88. The second-order valence-electron chi connectivity index (χ2n) is 2.43. The van der Waals surface area contributed by atoms with Gasteiger partial charge in [-0.25, -0.2) is 4.98 Å². The Bertz CT molecular complexity index is 299. The van der Waals surface area contributed by atoms with Gasteiger partial charge < -0.3 is 4.57 Å². The van der Waals surface area contributed by atoms with Crippen molar-refractivity contribution in [3.05, 3.63) is 36.4 Å². The van der Waals surface area contributed by atoms with Gasteiger partial charge in [0, 0.05) is 13.2 Å². The first-order chi connectivity index (χ1) is 5.77. The molecular weight excluding hydrogens is 172 g/mol. The summed E-state index contributed by atoms with van der Waals surface area (Å²) in [6, 6.07) is 0. The summed E-state index contributed by atoms with van der Waals surface area (Å²) in [5.74, 6) is 1.35. The molecule has 2 nitrogen and oxygen atoms in total. The van der Waals surface area contributed by atoms with Gasteiger partial charge in [-0.15, -0.1) is 11.6 Å². The first-order valence-electron chi connectivity index (χ1n) is 3.65. The van der Waals surface area contributed by atoms with Crippen LogP contribution >= 0.6 is 11.6 Å². The molecule has 0 aromatic carbocycles. The number of nitrogens with zero attached hydrogens (tertiary/aromatic N) is 2. The van der Waals surface area contributed by atoms with Crippen molar-refractivity contribution >= 4 is 17.7 Å². The highest BCUT2D eigenvalue weighted by molar-refractivity contribution is 6.16. The minimum absolute atomic E-state index is 0.454. The molecule has 0 N–H and O–H groups in total. The molecule has 0 amide bonds. The van der Waals surface area contributed by atoms with Gasteiger partial charge in [0.05, 0.1) is 11.6 Å². The van der Waals surface area contributed by atoms with Crippen LogP contribution < -0.4 is 0 Å². The number of imidazole rings is 1. The molecule has 0 aliphatic rings. The summed E-state index contributed by atoms with van der Waals surface area (Å²) >= 11 is 5.63. The largest absolute Gasteiger partial charge is 0.334 e. The van der Waals surface area contributed by atoms with E-state index >= 15 is 0 Å². The Morgan fingerprint density at radius 3 is 3.00 bits per heavy atom. The van der Waals surface area contributed by atoms with Gasteiger partial charge >= 0.3 is 0 Å². The van der Waals surface area contributed by atoms with Gasteiger partial charge in [-0.2, -0.15) is 0 Å². The molecule has 64 valence electrons. The average Bonchev–Trinajstić information content (AvgIpc) is 2.43. The van der Waals surface area contributed by atoms with Crippen LogP contribution in [-0.4, -0.2) is 9.55 Å². The quantitative estimate of drug-likeness (QED) is 0.519. The van der Waals surface area contributed by atoms with Crippen molar-refractivity contribution in [2.75, 3.05) is 0 Å². The molecule has 1 heterocycles. The highest BCUT2D eigenvalue weighted by Crippen LogP contribution is 2.05. The molecule has 0 fully saturated rings. The predicted molar refractivity (Wildman–Crippen MR) is 52.0 cm³/mol. The monoisotopic (exact) mass is 182 g/mol. The van der Waals surface area contributed by atoms with E-state index in [0.717, 1.165) is 11.5 Å². The van der Waals surface area contributed by atoms with Crippen LogP contribution in [0.5, 0.6) is 0 Å². The molecule has 0 aliphatic heterocycles.